The quantitative estimate of drug-likeness (QED) is 0.249. The molecule has 0 aliphatic carbocycles. The van der Waals surface area contributed by atoms with Gasteiger partial charge in [0.25, 0.3) is 0 Å². The van der Waals surface area contributed by atoms with Crippen LogP contribution in [0.4, 0.5) is 0 Å². The van der Waals surface area contributed by atoms with Crippen LogP contribution in [-0.2, 0) is 18.5 Å². The van der Waals surface area contributed by atoms with Gasteiger partial charge in [0.2, 0.25) is 9.05 Å². The molecule has 1 aliphatic rings. The molecule has 128 valence electrons. The van der Waals surface area contributed by atoms with Crippen molar-refractivity contribution in [1.29, 1.82) is 0 Å². The van der Waals surface area contributed by atoms with Crippen molar-refractivity contribution < 1.29 is 17.9 Å². The van der Waals surface area contributed by atoms with E-state index in [0.717, 1.165) is 44.9 Å². The summed E-state index contributed by atoms with van der Waals surface area (Å²) >= 11 is 3.25. The molecule has 0 radical (unpaired) electrons. The fourth-order valence-electron chi connectivity index (χ4n) is 2.34. The van der Waals surface area contributed by atoms with Crippen molar-refractivity contribution in [2.45, 2.75) is 63.8 Å². The molecule has 0 saturated carbocycles. The van der Waals surface area contributed by atoms with Gasteiger partial charge in [-0.05, 0) is 32.1 Å². The highest BCUT2D eigenvalue weighted by atomic mass is 79.9. The Bertz CT molecular complexity index is 452. The Morgan fingerprint density at radius 1 is 1.27 bits per heavy atom. The average Bonchev–Trinajstić information content (AvgIpc) is 2.45. The van der Waals surface area contributed by atoms with Crippen LogP contribution in [0.3, 0.4) is 0 Å². The van der Waals surface area contributed by atoms with Crippen LogP contribution < -0.4 is 0 Å². The van der Waals surface area contributed by atoms with Crippen LogP contribution in [0.25, 0.3) is 0 Å². The number of rotatable bonds is 9. The lowest BCUT2D eigenvalue weighted by Gasteiger charge is -2.27. The van der Waals surface area contributed by atoms with Gasteiger partial charge in [-0.3, -0.25) is 0 Å². The molecule has 0 amide bonds. The van der Waals surface area contributed by atoms with E-state index in [9.17, 15) is 8.42 Å². The van der Waals surface area contributed by atoms with E-state index in [1.54, 1.807) is 0 Å². The molecule has 0 N–H and O–H groups in total. The minimum absolute atomic E-state index is 0.155. The standard InChI is InChI=1S/C15H24BrClO4S/c16-11-7-4-2-1-3-5-9-14(13-22(17,18)19)21-15-10-6-8-12-20-15/h14-15H,1-3,5-6,8-13H2. The number of unbranched alkanes of at least 4 members (excludes halogenated alkanes) is 3. The number of hydrogen-bond acceptors (Lipinski definition) is 4. The topological polar surface area (TPSA) is 52.6 Å². The summed E-state index contributed by atoms with van der Waals surface area (Å²) in [6.07, 6.45) is 6.70. The van der Waals surface area contributed by atoms with Crippen molar-refractivity contribution in [3.05, 3.63) is 0 Å². The van der Waals surface area contributed by atoms with Gasteiger partial charge in [-0.25, -0.2) is 8.42 Å². The molecule has 1 aliphatic heterocycles. The third-order valence-corrected chi connectivity index (χ3v) is 4.82. The van der Waals surface area contributed by atoms with Crippen LogP contribution in [0.2, 0.25) is 0 Å². The van der Waals surface area contributed by atoms with E-state index in [4.69, 9.17) is 20.2 Å². The highest BCUT2D eigenvalue weighted by Gasteiger charge is 2.23. The molecular formula is C15H24BrClO4S. The lowest BCUT2D eigenvalue weighted by atomic mass is 10.1. The fraction of sp³-hybridized carbons (Fsp3) is 0.867. The predicted molar refractivity (Wildman–Crippen MR) is 92.8 cm³/mol. The van der Waals surface area contributed by atoms with Crippen molar-refractivity contribution in [3.63, 3.8) is 0 Å². The molecule has 4 nitrogen and oxygen atoms in total. The second kappa shape index (κ2) is 11.7. The Kier molecular flexibility index (Phi) is 10.8. The van der Waals surface area contributed by atoms with E-state index >= 15 is 0 Å². The van der Waals surface area contributed by atoms with E-state index < -0.39 is 9.05 Å². The fourth-order valence-corrected chi connectivity index (χ4v) is 3.65. The van der Waals surface area contributed by atoms with Gasteiger partial charge in [0.15, 0.2) is 6.29 Å². The summed E-state index contributed by atoms with van der Waals surface area (Å²) in [6, 6.07) is 0. The largest absolute Gasteiger partial charge is 0.353 e. The van der Waals surface area contributed by atoms with E-state index in [1.807, 2.05) is 0 Å². The lowest BCUT2D eigenvalue weighted by Crippen LogP contribution is -2.31. The summed E-state index contributed by atoms with van der Waals surface area (Å²) in [5, 5.41) is 0.706. The zero-order chi connectivity index (χ0) is 16.3. The minimum atomic E-state index is -3.56. The first kappa shape index (κ1) is 20.2. The third-order valence-electron chi connectivity index (χ3n) is 3.39. The molecule has 0 aromatic rings. The molecule has 22 heavy (non-hydrogen) atoms. The van der Waals surface area contributed by atoms with Crippen molar-refractivity contribution >= 4 is 35.7 Å². The first-order valence-corrected chi connectivity index (χ1v) is 11.3. The number of ether oxygens (including phenoxy) is 2. The van der Waals surface area contributed by atoms with Gasteiger partial charge >= 0.3 is 0 Å². The summed E-state index contributed by atoms with van der Waals surface area (Å²) in [5.41, 5.74) is 0. The van der Waals surface area contributed by atoms with E-state index in [0.29, 0.717) is 18.4 Å². The van der Waals surface area contributed by atoms with Gasteiger partial charge in [0.05, 0.1) is 17.2 Å². The van der Waals surface area contributed by atoms with Crippen molar-refractivity contribution in [1.82, 2.24) is 0 Å². The molecule has 0 aromatic heterocycles. The SMILES string of the molecule is O=S(=O)(Cl)CC(CCCCCC#CCBr)OC1CCCCO1. The highest BCUT2D eigenvalue weighted by Crippen LogP contribution is 2.20. The normalized spacial score (nSPS) is 20.2. The van der Waals surface area contributed by atoms with Crippen LogP contribution in [0.15, 0.2) is 0 Å². The zero-order valence-corrected chi connectivity index (χ0v) is 15.9. The molecule has 1 heterocycles. The average molecular weight is 416 g/mol. The Morgan fingerprint density at radius 2 is 2.09 bits per heavy atom. The van der Waals surface area contributed by atoms with Crippen molar-refractivity contribution in [2.75, 3.05) is 17.7 Å². The molecule has 1 rings (SSSR count). The summed E-state index contributed by atoms with van der Waals surface area (Å²) in [5.74, 6) is 5.87. The molecule has 1 saturated heterocycles. The molecular weight excluding hydrogens is 392 g/mol. The minimum Gasteiger partial charge on any atom is -0.353 e. The van der Waals surface area contributed by atoms with Crippen LogP contribution in [0, 0.1) is 11.8 Å². The summed E-state index contributed by atoms with van der Waals surface area (Å²) < 4.78 is 33.9. The Morgan fingerprint density at radius 3 is 2.73 bits per heavy atom. The predicted octanol–water partition coefficient (Wildman–Crippen LogP) is 3.82. The zero-order valence-electron chi connectivity index (χ0n) is 12.7. The van der Waals surface area contributed by atoms with Crippen LogP contribution in [0.5, 0.6) is 0 Å². The lowest BCUT2D eigenvalue weighted by molar-refractivity contribution is -0.184. The Hall–Kier alpha value is 0.200. The summed E-state index contributed by atoms with van der Waals surface area (Å²) in [4.78, 5) is 0. The molecule has 0 aromatic carbocycles. The van der Waals surface area contributed by atoms with E-state index in [1.165, 1.54) is 0 Å². The van der Waals surface area contributed by atoms with Crippen molar-refractivity contribution in [2.24, 2.45) is 0 Å². The van der Waals surface area contributed by atoms with Crippen molar-refractivity contribution in [3.8, 4) is 11.8 Å². The maximum atomic E-state index is 11.3. The molecule has 2 unspecified atom stereocenters. The number of halogens is 2. The summed E-state index contributed by atoms with van der Waals surface area (Å²) in [6.45, 7) is 0.678. The first-order valence-electron chi connectivity index (χ1n) is 7.72. The second-order valence-corrected chi connectivity index (χ2v) is 8.73. The maximum Gasteiger partial charge on any atom is 0.235 e. The molecule has 7 heteroatoms. The smallest absolute Gasteiger partial charge is 0.235 e. The molecule has 0 spiro atoms. The van der Waals surface area contributed by atoms with Gasteiger partial charge in [-0.1, -0.05) is 34.7 Å². The third kappa shape index (κ3) is 10.8. The van der Waals surface area contributed by atoms with E-state index in [-0.39, 0.29) is 18.1 Å². The van der Waals surface area contributed by atoms with Gasteiger partial charge in [0.1, 0.15) is 0 Å². The number of hydrogen-bond donors (Lipinski definition) is 0. The van der Waals surface area contributed by atoms with Crippen LogP contribution in [-0.4, -0.2) is 38.5 Å². The second-order valence-electron chi connectivity index (χ2n) is 5.35. The van der Waals surface area contributed by atoms with Gasteiger partial charge in [-0.15, -0.1) is 5.92 Å². The Balaban J connectivity index is 2.31. The maximum absolute atomic E-state index is 11.3. The number of alkyl halides is 1. The van der Waals surface area contributed by atoms with E-state index in [2.05, 4.69) is 27.8 Å². The van der Waals surface area contributed by atoms with Crippen LogP contribution in [0.1, 0.15) is 51.4 Å². The molecule has 0 bridgehead atoms. The first-order chi connectivity index (χ1) is 10.5. The highest BCUT2D eigenvalue weighted by molar-refractivity contribution is 9.09. The summed E-state index contributed by atoms with van der Waals surface area (Å²) in [7, 11) is 1.81. The van der Waals surface area contributed by atoms with Gasteiger partial charge < -0.3 is 9.47 Å². The molecule has 1 fully saturated rings. The van der Waals surface area contributed by atoms with Gasteiger partial charge in [0, 0.05) is 23.7 Å². The van der Waals surface area contributed by atoms with Gasteiger partial charge in [-0.2, -0.15) is 0 Å². The molecule has 2 atom stereocenters. The monoisotopic (exact) mass is 414 g/mol. The Labute approximate surface area is 146 Å². The van der Waals surface area contributed by atoms with Crippen LogP contribution >= 0.6 is 26.6 Å².